The smallest absolute Gasteiger partial charge is 0.192 e. The molecule has 0 saturated heterocycles. The summed E-state index contributed by atoms with van der Waals surface area (Å²) in [6.45, 7) is 17.9. The minimum Gasteiger partial charge on any atom is -0.414 e. The molecule has 0 unspecified atom stereocenters. The van der Waals surface area contributed by atoms with Gasteiger partial charge in [0.15, 0.2) is 19.9 Å². The van der Waals surface area contributed by atoms with E-state index in [1.165, 1.54) is 12.2 Å². The first kappa shape index (κ1) is 20.0. The van der Waals surface area contributed by atoms with Crippen molar-refractivity contribution in [1.82, 2.24) is 0 Å². The van der Waals surface area contributed by atoms with Gasteiger partial charge < -0.3 is 4.43 Å². The molecule has 0 spiro atoms. The van der Waals surface area contributed by atoms with Crippen molar-refractivity contribution in [2.24, 2.45) is 0 Å². The lowest BCUT2D eigenvalue weighted by atomic mass is 10.1. The van der Waals surface area contributed by atoms with Crippen molar-refractivity contribution in [3.8, 4) is 0 Å². The molecule has 0 aliphatic heterocycles. The Bertz CT molecular complexity index is 367. The maximum absolute atomic E-state index is 11.4. The van der Waals surface area contributed by atoms with Gasteiger partial charge in [-0.1, -0.05) is 33.9 Å². The molecule has 0 aromatic carbocycles. The third kappa shape index (κ3) is 7.53. The molecule has 0 radical (unpaired) electrons. The molecule has 0 aliphatic rings. The molecule has 0 aliphatic carbocycles. The molecule has 0 bridgehead atoms. The summed E-state index contributed by atoms with van der Waals surface area (Å²) in [6.07, 6.45) is 4.76. The van der Waals surface area contributed by atoms with Gasteiger partial charge in [0.1, 0.15) is 0 Å². The lowest BCUT2D eigenvalue weighted by molar-refractivity contribution is -0.115. The summed E-state index contributed by atoms with van der Waals surface area (Å²) in [5.41, 5.74) is 0. The van der Waals surface area contributed by atoms with Gasteiger partial charge in [0.05, 0.1) is 0 Å². The second-order valence-electron chi connectivity index (χ2n) is 6.92. The molecule has 0 saturated carbocycles. The van der Waals surface area contributed by atoms with E-state index in [1.807, 2.05) is 0 Å². The number of allylic oxidation sites excluding steroid dienone is 2. The predicted octanol–water partition coefficient (Wildman–Crippen LogP) is 4.45. The zero-order valence-corrected chi connectivity index (χ0v) is 15.2. The van der Waals surface area contributed by atoms with Gasteiger partial charge in [0, 0.05) is 18.9 Å². The monoisotopic (exact) mass is 310 g/mol. The van der Waals surface area contributed by atoms with Crippen LogP contribution in [0.25, 0.3) is 0 Å². The highest BCUT2D eigenvalue weighted by Gasteiger charge is 2.39. The molecule has 0 rings (SSSR count). The molecule has 0 fully saturated rings. The highest BCUT2D eigenvalue weighted by molar-refractivity contribution is 6.74. The fourth-order valence-corrected chi connectivity index (χ4v) is 3.09. The standard InChI is InChI=1S/C17H30O3Si/c1-8-14(18)10-12-16(13-11-15(19)9-2)20-21(6,7)17(3,4)5/h8-9,16H,1-2,10-13H2,3-7H3. The highest BCUT2D eigenvalue weighted by Crippen LogP contribution is 2.38. The topological polar surface area (TPSA) is 43.4 Å². The van der Waals surface area contributed by atoms with Crippen LogP contribution in [0, 0.1) is 0 Å². The van der Waals surface area contributed by atoms with Gasteiger partial charge in [0.25, 0.3) is 0 Å². The SMILES string of the molecule is C=CC(=O)CCC(CCC(=O)C=C)O[Si](C)(C)C(C)(C)C. The van der Waals surface area contributed by atoms with Crippen LogP contribution in [0.15, 0.2) is 25.3 Å². The Morgan fingerprint density at radius 1 is 1.05 bits per heavy atom. The number of ketones is 2. The van der Waals surface area contributed by atoms with Crippen LogP contribution in [-0.2, 0) is 14.0 Å². The summed E-state index contributed by atoms with van der Waals surface area (Å²) in [6, 6.07) is 0. The summed E-state index contributed by atoms with van der Waals surface area (Å²) in [4.78, 5) is 22.9. The Labute approximate surface area is 130 Å². The number of carbonyl (C=O) groups is 2. The van der Waals surface area contributed by atoms with Gasteiger partial charge in [-0.25, -0.2) is 0 Å². The zero-order chi connectivity index (χ0) is 16.7. The van der Waals surface area contributed by atoms with Crippen LogP contribution in [0.1, 0.15) is 46.5 Å². The molecule has 0 aromatic rings. The largest absolute Gasteiger partial charge is 0.414 e. The Hall–Kier alpha value is -1.00. The molecule has 0 amide bonds. The summed E-state index contributed by atoms with van der Waals surface area (Å²) in [5.74, 6) is 0.0442. The number of hydrogen-bond donors (Lipinski definition) is 0. The van der Waals surface area contributed by atoms with E-state index in [0.717, 1.165) is 0 Å². The summed E-state index contributed by atoms with van der Waals surface area (Å²) >= 11 is 0. The van der Waals surface area contributed by atoms with Gasteiger partial charge >= 0.3 is 0 Å². The Kier molecular flexibility index (Phi) is 8.04. The van der Waals surface area contributed by atoms with Crippen LogP contribution in [-0.4, -0.2) is 26.0 Å². The quantitative estimate of drug-likeness (QED) is 0.442. The van der Waals surface area contributed by atoms with E-state index in [1.54, 1.807) is 0 Å². The minimum atomic E-state index is -1.91. The molecule has 0 heterocycles. The second-order valence-corrected chi connectivity index (χ2v) is 11.7. The normalized spacial score (nSPS) is 12.3. The zero-order valence-electron chi connectivity index (χ0n) is 14.2. The van der Waals surface area contributed by atoms with Crippen molar-refractivity contribution in [2.75, 3.05) is 0 Å². The van der Waals surface area contributed by atoms with Crippen molar-refractivity contribution in [1.29, 1.82) is 0 Å². The van der Waals surface area contributed by atoms with Crippen molar-refractivity contribution < 1.29 is 14.0 Å². The van der Waals surface area contributed by atoms with Gasteiger partial charge in [-0.3, -0.25) is 9.59 Å². The Morgan fingerprint density at radius 2 is 1.43 bits per heavy atom. The van der Waals surface area contributed by atoms with E-state index in [9.17, 15) is 9.59 Å². The third-order valence-electron chi connectivity index (χ3n) is 4.15. The minimum absolute atomic E-state index is 0.0221. The van der Waals surface area contributed by atoms with Crippen LogP contribution in [0.5, 0.6) is 0 Å². The van der Waals surface area contributed by atoms with E-state index in [0.29, 0.717) is 25.7 Å². The van der Waals surface area contributed by atoms with Gasteiger partial charge in [-0.05, 0) is 43.1 Å². The fraction of sp³-hybridized carbons (Fsp3) is 0.647. The molecular formula is C17H30O3Si. The van der Waals surface area contributed by atoms with Crippen LogP contribution < -0.4 is 0 Å². The van der Waals surface area contributed by atoms with Crippen LogP contribution in [0.3, 0.4) is 0 Å². The Balaban J connectivity index is 4.78. The van der Waals surface area contributed by atoms with Gasteiger partial charge in [-0.2, -0.15) is 0 Å². The molecule has 0 aromatic heterocycles. The van der Waals surface area contributed by atoms with Crippen LogP contribution in [0.2, 0.25) is 18.1 Å². The van der Waals surface area contributed by atoms with Crippen LogP contribution in [0.4, 0.5) is 0 Å². The van der Waals surface area contributed by atoms with Crippen molar-refractivity contribution in [2.45, 2.75) is 70.7 Å². The first-order valence-corrected chi connectivity index (χ1v) is 10.4. The van der Waals surface area contributed by atoms with Gasteiger partial charge in [-0.15, -0.1) is 0 Å². The summed E-state index contributed by atoms with van der Waals surface area (Å²) in [5, 5.41) is 0.107. The first-order chi connectivity index (χ1) is 9.53. The average Bonchev–Trinajstić information content (AvgIpc) is 2.39. The molecule has 0 atom stereocenters. The van der Waals surface area contributed by atoms with Crippen molar-refractivity contribution in [3.63, 3.8) is 0 Å². The van der Waals surface area contributed by atoms with E-state index >= 15 is 0 Å². The molecular weight excluding hydrogens is 280 g/mol. The van der Waals surface area contributed by atoms with Crippen LogP contribution >= 0.6 is 0 Å². The van der Waals surface area contributed by atoms with E-state index in [-0.39, 0.29) is 22.7 Å². The predicted molar refractivity (Wildman–Crippen MR) is 90.9 cm³/mol. The number of rotatable bonds is 10. The Morgan fingerprint density at radius 3 is 1.71 bits per heavy atom. The summed E-state index contributed by atoms with van der Waals surface area (Å²) in [7, 11) is -1.91. The molecule has 4 heteroatoms. The fourth-order valence-electron chi connectivity index (χ4n) is 1.67. The highest BCUT2D eigenvalue weighted by atomic mass is 28.4. The average molecular weight is 311 g/mol. The molecule has 0 N–H and O–H groups in total. The molecule has 3 nitrogen and oxygen atoms in total. The number of carbonyl (C=O) groups excluding carboxylic acids is 2. The van der Waals surface area contributed by atoms with E-state index in [4.69, 9.17) is 4.43 Å². The van der Waals surface area contributed by atoms with Crippen molar-refractivity contribution in [3.05, 3.63) is 25.3 Å². The second kappa shape index (κ2) is 8.44. The first-order valence-electron chi connectivity index (χ1n) is 7.52. The maximum atomic E-state index is 11.4. The van der Waals surface area contributed by atoms with E-state index in [2.05, 4.69) is 47.0 Å². The van der Waals surface area contributed by atoms with Gasteiger partial charge in [0.2, 0.25) is 0 Å². The summed E-state index contributed by atoms with van der Waals surface area (Å²) < 4.78 is 6.36. The maximum Gasteiger partial charge on any atom is 0.192 e. The third-order valence-corrected chi connectivity index (χ3v) is 8.68. The lowest BCUT2D eigenvalue weighted by Crippen LogP contribution is -2.44. The molecule has 120 valence electrons. The number of hydrogen-bond acceptors (Lipinski definition) is 3. The molecule has 21 heavy (non-hydrogen) atoms. The van der Waals surface area contributed by atoms with Crippen molar-refractivity contribution >= 4 is 19.9 Å². The lowest BCUT2D eigenvalue weighted by Gasteiger charge is -2.39. The van der Waals surface area contributed by atoms with E-state index < -0.39 is 8.32 Å².